The summed E-state index contributed by atoms with van der Waals surface area (Å²) >= 11 is 3.00. The third-order valence-electron chi connectivity index (χ3n) is 3.20. The van der Waals surface area contributed by atoms with Crippen molar-refractivity contribution in [1.29, 1.82) is 0 Å². The Bertz CT molecular complexity index is 552. The number of amides is 1. The van der Waals surface area contributed by atoms with Gasteiger partial charge in [0.1, 0.15) is 11.4 Å². The van der Waals surface area contributed by atoms with Gasteiger partial charge in [-0.3, -0.25) is 9.59 Å². The number of benzene rings is 1. The predicted molar refractivity (Wildman–Crippen MR) is 69.2 cm³/mol. The molecule has 1 aromatic carbocycles. The molecule has 1 fully saturated rings. The molecule has 19 heavy (non-hydrogen) atoms. The van der Waals surface area contributed by atoms with Gasteiger partial charge in [0, 0.05) is 13.1 Å². The van der Waals surface area contributed by atoms with Crippen LogP contribution >= 0.6 is 15.9 Å². The number of hydrogen-bond donors (Lipinski definition) is 2. The van der Waals surface area contributed by atoms with E-state index in [4.69, 9.17) is 10.8 Å². The number of aliphatic carboxylic acids is 1. The minimum atomic E-state index is -1.45. The normalized spacial score (nSPS) is 22.6. The predicted octanol–water partition coefficient (Wildman–Crippen LogP) is 1.22. The average molecular weight is 331 g/mol. The van der Waals surface area contributed by atoms with Gasteiger partial charge in [-0.1, -0.05) is 6.07 Å². The van der Waals surface area contributed by atoms with Crippen molar-refractivity contribution in [2.45, 2.75) is 12.0 Å². The minimum Gasteiger partial charge on any atom is -0.480 e. The van der Waals surface area contributed by atoms with Crippen LogP contribution in [0.3, 0.4) is 0 Å². The van der Waals surface area contributed by atoms with E-state index in [-0.39, 0.29) is 29.5 Å². The molecule has 1 unspecified atom stereocenters. The van der Waals surface area contributed by atoms with Gasteiger partial charge in [-0.25, -0.2) is 4.39 Å². The molecule has 1 aromatic rings. The van der Waals surface area contributed by atoms with Gasteiger partial charge in [0.15, 0.2) is 0 Å². The third-order valence-corrected chi connectivity index (χ3v) is 3.81. The second-order valence-corrected chi connectivity index (χ2v) is 5.39. The van der Waals surface area contributed by atoms with Crippen LogP contribution < -0.4 is 5.73 Å². The summed E-state index contributed by atoms with van der Waals surface area (Å²) in [6, 6.07) is 4.39. The number of halogens is 2. The molecule has 1 heterocycles. The summed E-state index contributed by atoms with van der Waals surface area (Å²) in [7, 11) is 0. The Morgan fingerprint density at radius 1 is 1.47 bits per heavy atom. The Hall–Kier alpha value is -1.47. The van der Waals surface area contributed by atoms with Crippen molar-refractivity contribution in [2.24, 2.45) is 5.73 Å². The summed E-state index contributed by atoms with van der Waals surface area (Å²) in [5, 5.41) is 9.00. The quantitative estimate of drug-likeness (QED) is 0.853. The van der Waals surface area contributed by atoms with Crippen LogP contribution in [-0.2, 0) is 4.79 Å². The number of carboxylic acid groups (broad SMARTS) is 1. The second kappa shape index (κ2) is 4.90. The fourth-order valence-corrected chi connectivity index (χ4v) is 2.39. The van der Waals surface area contributed by atoms with Crippen molar-refractivity contribution in [3.63, 3.8) is 0 Å². The lowest BCUT2D eigenvalue weighted by Gasteiger charge is -2.20. The molecule has 2 rings (SSSR count). The van der Waals surface area contributed by atoms with Crippen molar-refractivity contribution >= 4 is 27.8 Å². The molecule has 7 heteroatoms. The molecule has 1 aliphatic rings. The fourth-order valence-electron chi connectivity index (χ4n) is 2.02. The molecule has 1 aliphatic heterocycles. The number of carbonyl (C=O) groups excluding carboxylic acids is 1. The summed E-state index contributed by atoms with van der Waals surface area (Å²) in [6.45, 7) is 0.0840. The highest BCUT2D eigenvalue weighted by Gasteiger charge is 2.43. The molecule has 1 atom stereocenters. The zero-order chi connectivity index (χ0) is 14.2. The first-order valence-electron chi connectivity index (χ1n) is 5.61. The van der Waals surface area contributed by atoms with Crippen molar-refractivity contribution in [2.75, 3.05) is 13.1 Å². The Labute approximate surface area is 117 Å². The van der Waals surface area contributed by atoms with Crippen LogP contribution in [0.1, 0.15) is 16.8 Å². The summed E-state index contributed by atoms with van der Waals surface area (Å²) in [5.41, 5.74) is 4.14. The van der Waals surface area contributed by atoms with Crippen molar-refractivity contribution in [1.82, 2.24) is 4.90 Å². The SMILES string of the molecule is NC1(C(=O)O)CCN(C(=O)c2cccc(Br)c2F)C1. The van der Waals surface area contributed by atoms with E-state index in [0.29, 0.717) is 0 Å². The lowest BCUT2D eigenvalue weighted by atomic mass is 10.0. The molecular formula is C12H12BrFN2O3. The van der Waals surface area contributed by atoms with E-state index in [1.54, 1.807) is 6.07 Å². The Morgan fingerprint density at radius 2 is 2.16 bits per heavy atom. The van der Waals surface area contributed by atoms with E-state index >= 15 is 0 Å². The number of nitrogens with zero attached hydrogens (tertiary/aromatic N) is 1. The molecule has 0 aliphatic carbocycles. The Morgan fingerprint density at radius 3 is 2.74 bits per heavy atom. The molecule has 0 aromatic heterocycles. The second-order valence-electron chi connectivity index (χ2n) is 4.54. The van der Waals surface area contributed by atoms with Gasteiger partial charge in [-0.2, -0.15) is 0 Å². The zero-order valence-electron chi connectivity index (χ0n) is 9.90. The van der Waals surface area contributed by atoms with Gasteiger partial charge in [0.2, 0.25) is 0 Å². The first kappa shape index (κ1) is 14.0. The van der Waals surface area contributed by atoms with Crippen LogP contribution in [0.25, 0.3) is 0 Å². The molecule has 0 bridgehead atoms. The van der Waals surface area contributed by atoms with Gasteiger partial charge in [-0.15, -0.1) is 0 Å². The lowest BCUT2D eigenvalue weighted by Crippen LogP contribution is -2.50. The summed E-state index contributed by atoms with van der Waals surface area (Å²) in [6.07, 6.45) is 0.156. The molecule has 0 radical (unpaired) electrons. The lowest BCUT2D eigenvalue weighted by molar-refractivity contribution is -0.142. The number of carbonyl (C=O) groups is 2. The Kier molecular flexibility index (Phi) is 3.60. The van der Waals surface area contributed by atoms with E-state index in [1.165, 1.54) is 17.0 Å². The zero-order valence-corrected chi connectivity index (χ0v) is 11.5. The van der Waals surface area contributed by atoms with Crippen molar-refractivity contribution in [3.8, 4) is 0 Å². The molecule has 5 nitrogen and oxygen atoms in total. The smallest absolute Gasteiger partial charge is 0.325 e. The maximum Gasteiger partial charge on any atom is 0.325 e. The minimum absolute atomic E-state index is 0.0935. The first-order chi connectivity index (χ1) is 8.85. The van der Waals surface area contributed by atoms with Crippen LogP contribution in [0.2, 0.25) is 0 Å². The standard InChI is InChI=1S/C12H12BrFN2O3/c13-8-3-1-2-7(9(8)14)10(17)16-5-4-12(15,6-16)11(18)19/h1-3H,4-6,15H2,(H,18,19). The van der Waals surface area contributed by atoms with E-state index in [1.807, 2.05) is 0 Å². The molecular weight excluding hydrogens is 319 g/mol. The third kappa shape index (κ3) is 2.48. The van der Waals surface area contributed by atoms with E-state index < -0.39 is 23.2 Å². The van der Waals surface area contributed by atoms with Gasteiger partial charge >= 0.3 is 5.97 Å². The molecule has 1 amide bonds. The van der Waals surface area contributed by atoms with Crippen molar-refractivity contribution in [3.05, 3.63) is 34.1 Å². The topological polar surface area (TPSA) is 83.6 Å². The van der Waals surface area contributed by atoms with Gasteiger partial charge in [0.25, 0.3) is 5.91 Å². The summed E-state index contributed by atoms with van der Waals surface area (Å²) in [5.74, 6) is -2.36. The molecule has 1 saturated heterocycles. The van der Waals surface area contributed by atoms with Gasteiger partial charge < -0.3 is 15.7 Å². The number of rotatable bonds is 2. The van der Waals surface area contributed by atoms with E-state index in [2.05, 4.69) is 15.9 Å². The van der Waals surface area contributed by atoms with Crippen LogP contribution in [0.5, 0.6) is 0 Å². The van der Waals surface area contributed by atoms with Crippen molar-refractivity contribution < 1.29 is 19.1 Å². The number of likely N-dealkylation sites (tertiary alicyclic amines) is 1. The maximum atomic E-state index is 13.8. The van der Waals surface area contributed by atoms with Crippen LogP contribution in [-0.4, -0.2) is 40.5 Å². The highest BCUT2D eigenvalue weighted by atomic mass is 79.9. The first-order valence-corrected chi connectivity index (χ1v) is 6.40. The van der Waals surface area contributed by atoms with E-state index in [9.17, 15) is 14.0 Å². The summed E-state index contributed by atoms with van der Waals surface area (Å²) < 4.78 is 14.0. The largest absolute Gasteiger partial charge is 0.480 e. The van der Waals surface area contributed by atoms with Crippen LogP contribution in [0, 0.1) is 5.82 Å². The Balaban J connectivity index is 2.23. The average Bonchev–Trinajstić information content (AvgIpc) is 2.76. The van der Waals surface area contributed by atoms with E-state index in [0.717, 1.165) is 0 Å². The number of hydrogen-bond acceptors (Lipinski definition) is 3. The molecule has 102 valence electrons. The van der Waals surface area contributed by atoms with Gasteiger partial charge in [-0.05, 0) is 34.5 Å². The monoisotopic (exact) mass is 330 g/mol. The number of carboxylic acids is 1. The molecule has 0 saturated carbocycles. The maximum absolute atomic E-state index is 13.8. The molecule has 3 N–H and O–H groups in total. The van der Waals surface area contributed by atoms with Crippen LogP contribution in [0.15, 0.2) is 22.7 Å². The number of nitrogens with two attached hydrogens (primary N) is 1. The highest BCUT2D eigenvalue weighted by Crippen LogP contribution is 2.24. The van der Waals surface area contributed by atoms with Crippen LogP contribution in [0.4, 0.5) is 4.39 Å². The highest BCUT2D eigenvalue weighted by molar-refractivity contribution is 9.10. The van der Waals surface area contributed by atoms with Gasteiger partial charge in [0.05, 0.1) is 10.0 Å². The fraction of sp³-hybridized carbons (Fsp3) is 0.333. The molecule has 0 spiro atoms. The summed E-state index contributed by atoms with van der Waals surface area (Å²) in [4.78, 5) is 24.4.